The summed E-state index contributed by atoms with van der Waals surface area (Å²) in [6, 6.07) is 0.163. The summed E-state index contributed by atoms with van der Waals surface area (Å²) in [5, 5.41) is 7.59. The Labute approximate surface area is 113 Å². The van der Waals surface area contributed by atoms with Crippen molar-refractivity contribution in [2.75, 3.05) is 7.05 Å². The van der Waals surface area contributed by atoms with Crippen molar-refractivity contribution in [2.45, 2.75) is 32.9 Å². The number of nitrogens with one attached hydrogen (secondary N) is 1. The highest BCUT2D eigenvalue weighted by Crippen LogP contribution is 2.15. The molecule has 6 heteroatoms. The monoisotopic (exact) mass is 262 g/mol. The second-order valence-electron chi connectivity index (χ2n) is 5.26. The number of imidazole rings is 1. The molecular formula is C13H22N6. The van der Waals surface area contributed by atoms with Crippen LogP contribution in [0.4, 0.5) is 0 Å². The van der Waals surface area contributed by atoms with E-state index in [4.69, 9.17) is 0 Å². The molecule has 0 aliphatic heterocycles. The molecule has 0 aliphatic rings. The van der Waals surface area contributed by atoms with Gasteiger partial charge in [-0.25, -0.2) is 14.6 Å². The molecule has 2 heterocycles. The van der Waals surface area contributed by atoms with Crippen molar-refractivity contribution in [2.24, 2.45) is 13.0 Å². The predicted octanol–water partition coefficient (Wildman–Crippen LogP) is 1.17. The molecule has 0 aromatic carbocycles. The molecular weight excluding hydrogens is 240 g/mol. The second-order valence-corrected chi connectivity index (χ2v) is 5.26. The average Bonchev–Trinajstić information content (AvgIpc) is 2.95. The van der Waals surface area contributed by atoms with Crippen LogP contribution in [0.15, 0.2) is 18.9 Å². The molecule has 0 saturated carbocycles. The van der Waals surface area contributed by atoms with Gasteiger partial charge in [-0.1, -0.05) is 13.8 Å². The first-order chi connectivity index (χ1) is 9.10. The summed E-state index contributed by atoms with van der Waals surface area (Å²) in [7, 11) is 3.92. The molecule has 0 fully saturated rings. The quantitative estimate of drug-likeness (QED) is 0.849. The molecule has 0 amide bonds. The van der Waals surface area contributed by atoms with Gasteiger partial charge in [0.15, 0.2) is 0 Å². The maximum Gasteiger partial charge on any atom is 0.138 e. The van der Waals surface area contributed by atoms with Gasteiger partial charge < -0.3 is 9.88 Å². The highest BCUT2D eigenvalue weighted by molar-refractivity contribution is 5.06. The first-order valence-corrected chi connectivity index (χ1v) is 6.62. The minimum Gasteiger partial charge on any atom is -0.340 e. The van der Waals surface area contributed by atoms with E-state index in [1.165, 1.54) is 0 Å². The number of nitrogens with zero attached hydrogens (tertiary/aromatic N) is 5. The van der Waals surface area contributed by atoms with Crippen molar-refractivity contribution in [3.8, 4) is 0 Å². The number of hydrogen-bond donors (Lipinski definition) is 1. The summed E-state index contributed by atoms with van der Waals surface area (Å²) >= 11 is 0. The van der Waals surface area contributed by atoms with Crippen molar-refractivity contribution >= 4 is 0 Å². The van der Waals surface area contributed by atoms with Crippen molar-refractivity contribution in [3.63, 3.8) is 0 Å². The van der Waals surface area contributed by atoms with Crippen molar-refractivity contribution in [3.05, 3.63) is 30.4 Å². The van der Waals surface area contributed by atoms with Gasteiger partial charge in [-0.15, -0.1) is 0 Å². The number of aryl methyl sites for hydroxylation is 1. The molecule has 1 atom stereocenters. The fourth-order valence-corrected chi connectivity index (χ4v) is 2.09. The fraction of sp³-hybridized carbons (Fsp3) is 0.615. The maximum atomic E-state index is 4.40. The Morgan fingerprint density at radius 2 is 2.11 bits per heavy atom. The number of likely N-dealkylation sites (N-methyl/N-ethyl adjacent to an activating group) is 1. The van der Waals surface area contributed by atoms with E-state index in [9.17, 15) is 0 Å². The van der Waals surface area contributed by atoms with Crippen LogP contribution in [0, 0.1) is 5.92 Å². The second kappa shape index (κ2) is 5.97. The van der Waals surface area contributed by atoms with Gasteiger partial charge in [-0.2, -0.15) is 5.10 Å². The summed E-state index contributed by atoms with van der Waals surface area (Å²) in [4.78, 5) is 8.77. The van der Waals surface area contributed by atoms with Crippen LogP contribution in [-0.4, -0.2) is 31.4 Å². The maximum absolute atomic E-state index is 4.40. The molecule has 19 heavy (non-hydrogen) atoms. The molecule has 6 nitrogen and oxygen atoms in total. The third-order valence-electron chi connectivity index (χ3n) is 3.05. The third-order valence-corrected chi connectivity index (χ3v) is 3.05. The minimum absolute atomic E-state index is 0.163. The zero-order chi connectivity index (χ0) is 13.8. The molecule has 0 aliphatic carbocycles. The molecule has 2 aromatic heterocycles. The topological polar surface area (TPSA) is 60.6 Å². The van der Waals surface area contributed by atoms with Crippen LogP contribution in [0.5, 0.6) is 0 Å². The van der Waals surface area contributed by atoms with Gasteiger partial charge in [0.05, 0.1) is 18.1 Å². The Bertz CT molecular complexity index is 513. The van der Waals surface area contributed by atoms with Crippen molar-refractivity contribution in [1.29, 1.82) is 0 Å². The lowest BCUT2D eigenvalue weighted by Crippen LogP contribution is -2.22. The van der Waals surface area contributed by atoms with E-state index in [1.807, 2.05) is 35.9 Å². The number of aromatic nitrogens is 5. The molecule has 2 aromatic rings. The van der Waals surface area contributed by atoms with E-state index in [2.05, 4.69) is 34.2 Å². The van der Waals surface area contributed by atoms with Crippen LogP contribution in [0.25, 0.3) is 0 Å². The van der Waals surface area contributed by atoms with Crippen molar-refractivity contribution in [1.82, 2.24) is 29.6 Å². The summed E-state index contributed by atoms with van der Waals surface area (Å²) in [5.41, 5.74) is 1.03. The lowest BCUT2D eigenvalue weighted by Gasteiger charge is -2.14. The standard InChI is InChI=1S/C13H22N6/c1-10(2)6-19-13(15-8-17-19)5-11(14-3)12-7-18(4)9-16-12/h7-11,14H,5-6H2,1-4H3. The van der Waals surface area contributed by atoms with E-state index < -0.39 is 0 Å². The minimum atomic E-state index is 0.163. The normalized spacial score (nSPS) is 13.1. The van der Waals surface area contributed by atoms with Gasteiger partial charge in [-0.3, -0.25) is 0 Å². The molecule has 1 N–H and O–H groups in total. The SMILES string of the molecule is CNC(Cc1ncnn1CC(C)C)c1cn(C)cn1. The van der Waals surface area contributed by atoms with Gasteiger partial charge in [0.2, 0.25) is 0 Å². The zero-order valence-corrected chi connectivity index (χ0v) is 12.0. The van der Waals surface area contributed by atoms with Crippen LogP contribution >= 0.6 is 0 Å². The molecule has 0 bridgehead atoms. The lowest BCUT2D eigenvalue weighted by atomic mass is 10.1. The lowest BCUT2D eigenvalue weighted by molar-refractivity contribution is 0.450. The van der Waals surface area contributed by atoms with Gasteiger partial charge in [-0.05, 0) is 13.0 Å². The summed E-state index contributed by atoms with van der Waals surface area (Å²) in [5.74, 6) is 1.56. The van der Waals surface area contributed by atoms with Crippen LogP contribution < -0.4 is 5.32 Å². The highest BCUT2D eigenvalue weighted by Gasteiger charge is 2.16. The third kappa shape index (κ3) is 3.41. The van der Waals surface area contributed by atoms with Gasteiger partial charge in [0.1, 0.15) is 12.2 Å². The van der Waals surface area contributed by atoms with Crippen molar-refractivity contribution < 1.29 is 0 Å². The Balaban J connectivity index is 2.12. The van der Waals surface area contributed by atoms with Gasteiger partial charge in [0.25, 0.3) is 0 Å². The first kappa shape index (κ1) is 13.7. The first-order valence-electron chi connectivity index (χ1n) is 6.62. The van der Waals surface area contributed by atoms with Gasteiger partial charge in [0, 0.05) is 26.2 Å². The molecule has 0 spiro atoms. The van der Waals surface area contributed by atoms with E-state index in [1.54, 1.807) is 6.33 Å². The summed E-state index contributed by atoms with van der Waals surface area (Å²) < 4.78 is 3.94. The Hall–Kier alpha value is -1.69. The van der Waals surface area contributed by atoms with E-state index in [-0.39, 0.29) is 6.04 Å². The van der Waals surface area contributed by atoms with E-state index in [0.717, 1.165) is 24.5 Å². The Morgan fingerprint density at radius 3 is 2.68 bits per heavy atom. The highest BCUT2D eigenvalue weighted by atomic mass is 15.3. The van der Waals surface area contributed by atoms with Crippen LogP contribution in [-0.2, 0) is 20.0 Å². The smallest absolute Gasteiger partial charge is 0.138 e. The average molecular weight is 262 g/mol. The van der Waals surface area contributed by atoms with E-state index >= 15 is 0 Å². The van der Waals surface area contributed by atoms with Gasteiger partial charge >= 0.3 is 0 Å². The summed E-state index contributed by atoms with van der Waals surface area (Å²) in [6.45, 7) is 5.26. The van der Waals surface area contributed by atoms with E-state index in [0.29, 0.717) is 5.92 Å². The number of hydrogen-bond acceptors (Lipinski definition) is 4. The molecule has 104 valence electrons. The summed E-state index contributed by atoms with van der Waals surface area (Å²) in [6.07, 6.45) is 6.27. The zero-order valence-electron chi connectivity index (χ0n) is 12.0. The molecule has 0 radical (unpaired) electrons. The molecule has 1 unspecified atom stereocenters. The molecule has 0 saturated heterocycles. The number of rotatable bonds is 6. The fourth-order valence-electron chi connectivity index (χ4n) is 2.09. The Kier molecular flexibility index (Phi) is 4.31. The van der Waals surface area contributed by atoms with Crippen LogP contribution in [0.1, 0.15) is 31.4 Å². The largest absolute Gasteiger partial charge is 0.340 e. The predicted molar refractivity (Wildman–Crippen MR) is 73.6 cm³/mol. The van der Waals surface area contributed by atoms with Crippen LogP contribution in [0.2, 0.25) is 0 Å². The molecule has 2 rings (SSSR count). The Morgan fingerprint density at radius 1 is 1.32 bits per heavy atom. The van der Waals surface area contributed by atoms with Crippen LogP contribution in [0.3, 0.4) is 0 Å².